The average molecular weight is 266 g/mol. The first kappa shape index (κ1) is 10.7. The van der Waals surface area contributed by atoms with E-state index in [9.17, 15) is 4.79 Å². The molecule has 1 aromatic heterocycles. The van der Waals surface area contributed by atoms with E-state index < -0.39 is 0 Å². The van der Waals surface area contributed by atoms with Gasteiger partial charge in [0.15, 0.2) is 0 Å². The third kappa shape index (κ3) is 3.48. The van der Waals surface area contributed by atoms with Crippen LogP contribution in [0.3, 0.4) is 0 Å². The lowest BCUT2D eigenvalue weighted by Crippen LogP contribution is -2.21. The zero-order valence-electron chi connectivity index (χ0n) is 7.04. The Labute approximate surface area is 89.9 Å². The van der Waals surface area contributed by atoms with Crippen molar-refractivity contribution in [1.29, 1.82) is 0 Å². The van der Waals surface area contributed by atoms with Crippen molar-refractivity contribution in [2.24, 2.45) is 0 Å². The van der Waals surface area contributed by atoms with E-state index in [4.69, 9.17) is 11.6 Å². The molecule has 0 fully saturated rings. The van der Waals surface area contributed by atoms with Crippen molar-refractivity contribution in [3.8, 4) is 0 Å². The molecule has 0 saturated heterocycles. The van der Waals surface area contributed by atoms with E-state index in [0.717, 1.165) is 18.2 Å². The van der Waals surface area contributed by atoms with Crippen molar-refractivity contribution in [2.75, 3.05) is 5.33 Å². The number of hydrogen-bond donors (Lipinski definition) is 0. The number of rotatable bonds is 4. The van der Waals surface area contributed by atoms with Gasteiger partial charge >= 0.3 is 5.69 Å². The lowest BCUT2D eigenvalue weighted by atomic mass is 10.3. The molecule has 3 nitrogen and oxygen atoms in total. The van der Waals surface area contributed by atoms with Gasteiger partial charge in [0.2, 0.25) is 0 Å². The number of aromatic nitrogens is 2. The summed E-state index contributed by atoms with van der Waals surface area (Å²) >= 11 is 9.02. The van der Waals surface area contributed by atoms with E-state index in [-0.39, 0.29) is 5.69 Å². The van der Waals surface area contributed by atoms with Gasteiger partial charge in [-0.25, -0.2) is 9.78 Å². The minimum Gasteiger partial charge on any atom is -0.298 e. The van der Waals surface area contributed by atoms with Gasteiger partial charge in [0.05, 0.1) is 11.2 Å². The molecule has 1 rings (SSSR count). The van der Waals surface area contributed by atoms with E-state index in [2.05, 4.69) is 20.9 Å². The maximum atomic E-state index is 11.1. The second kappa shape index (κ2) is 5.40. The van der Waals surface area contributed by atoms with E-state index >= 15 is 0 Å². The highest BCUT2D eigenvalue weighted by Gasteiger charge is 1.97. The van der Waals surface area contributed by atoms with Gasteiger partial charge in [0.25, 0.3) is 0 Å². The van der Waals surface area contributed by atoms with E-state index in [1.165, 1.54) is 10.8 Å². The maximum absolute atomic E-state index is 11.1. The minimum absolute atomic E-state index is 0.237. The summed E-state index contributed by atoms with van der Waals surface area (Å²) in [6, 6.07) is 0. The monoisotopic (exact) mass is 264 g/mol. The van der Waals surface area contributed by atoms with Crippen molar-refractivity contribution in [2.45, 2.75) is 19.4 Å². The fraction of sp³-hybridized carbons (Fsp3) is 0.500. The molecule has 0 N–H and O–H groups in total. The zero-order valence-corrected chi connectivity index (χ0v) is 9.38. The summed E-state index contributed by atoms with van der Waals surface area (Å²) in [6.45, 7) is 0.679. The minimum atomic E-state index is -0.237. The van der Waals surface area contributed by atoms with Gasteiger partial charge in [-0.1, -0.05) is 27.5 Å². The third-order valence-corrected chi connectivity index (χ3v) is 2.36. The summed E-state index contributed by atoms with van der Waals surface area (Å²) in [6.07, 6.45) is 4.97. The standard InChI is InChI=1S/C8H10BrClN2O/c9-3-1-2-4-12-6-7(10)5-11-8(12)13/h5-6H,1-4H2. The summed E-state index contributed by atoms with van der Waals surface area (Å²) < 4.78 is 1.53. The van der Waals surface area contributed by atoms with Gasteiger partial charge in [-0.3, -0.25) is 4.57 Å². The first-order valence-electron chi connectivity index (χ1n) is 4.02. The van der Waals surface area contributed by atoms with Crippen LogP contribution in [0, 0.1) is 0 Å². The highest BCUT2D eigenvalue weighted by Crippen LogP contribution is 2.03. The number of nitrogens with zero attached hydrogens (tertiary/aromatic N) is 2. The molecule has 0 spiro atoms. The number of alkyl halides is 1. The molecule has 0 saturated carbocycles. The normalized spacial score (nSPS) is 10.3. The zero-order chi connectivity index (χ0) is 9.68. The summed E-state index contributed by atoms with van der Waals surface area (Å²) in [7, 11) is 0. The summed E-state index contributed by atoms with van der Waals surface area (Å²) in [5.41, 5.74) is -0.237. The Balaban J connectivity index is 2.65. The van der Waals surface area contributed by atoms with Crippen molar-refractivity contribution >= 4 is 27.5 Å². The molecule has 0 atom stereocenters. The molecular formula is C8H10BrClN2O. The van der Waals surface area contributed by atoms with Crippen LogP contribution in [0.15, 0.2) is 17.2 Å². The predicted octanol–water partition coefficient (Wildman–Crippen LogP) is 2.07. The van der Waals surface area contributed by atoms with Crippen LogP contribution < -0.4 is 5.69 Å². The topological polar surface area (TPSA) is 34.9 Å². The van der Waals surface area contributed by atoms with Crippen LogP contribution in [-0.2, 0) is 6.54 Å². The van der Waals surface area contributed by atoms with E-state index in [0.29, 0.717) is 11.6 Å². The summed E-state index contributed by atoms with van der Waals surface area (Å²) in [5, 5.41) is 1.45. The van der Waals surface area contributed by atoms with E-state index in [1.54, 1.807) is 6.20 Å². The Morgan fingerprint density at radius 3 is 3.00 bits per heavy atom. The second-order valence-corrected chi connectivity index (χ2v) is 3.87. The Hall–Kier alpha value is -0.350. The number of aryl methyl sites for hydroxylation is 1. The smallest absolute Gasteiger partial charge is 0.298 e. The van der Waals surface area contributed by atoms with Gasteiger partial charge in [-0.2, -0.15) is 0 Å². The average Bonchev–Trinajstić information content (AvgIpc) is 2.11. The molecule has 1 aromatic rings. The molecule has 1 heterocycles. The fourth-order valence-electron chi connectivity index (χ4n) is 0.965. The summed E-state index contributed by atoms with van der Waals surface area (Å²) in [5.74, 6) is 0. The Morgan fingerprint density at radius 2 is 2.31 bits per heavy atom. The highest BCUT2D eigenvalue weighted by atomic mass is 79.9. The lowest BCUT2D eigenvalue weighted by molar-refractivity contribution is 0.602. The molecule has 0 aliphatic rings. The summed E-state index contributed by atoms with van der Waals surface area (Å²) in [4.78, 5) is 14.8. The number of unbranched alkanes of at least 4 members (excludes halogenated alkanes) is 1. The van der Waals surface area contributed by atoms with Gasteiger partial charge in [-0.15, -0.1) is 0 Å². The molecule has 5 heteroatoms. The van der Waals surface area contributed by atoms with Crippen molar-refractivity contribution in [1.82, 2.24) is 9.55 Å². The number of hydrogen-bond acceptors (Lipinski definition) is 2. The van der Waals surface area contributed by atoms with Crippen LogP contribution in [0.2, 0.25) is 5.02 Å². The van der Waals surface area contributed by atoms with Crippen LogP contribution in [0.1, 0.15) is 12.8 Å². The molecule has 72 valence electrons. The van der Waals surface area contributed by atoms with E-state index in [1.807, 2.05) is 0 Å². The molecule has 0 aromatic carbocycles. The molecule has 13 heavy (non-hydrogen) atoms. The van der Waals surface area contributed by atoms with Gasteiger partial charge in [0.1, 0.15) is 0 Å². The Morgan fingerprint density at radius 1 is 1.54 bits per heavy atom. The quantitative estimate of drug-likeness (QED) is 0.617. The molecule has 0 bridgehead atoms. The van der Waals surface area contributed by atoms with Crippen LogP contribution in [0.4, 0.5) is 0 Å². The molecule has 0 aliphatic carbocycles. The van der Waals surface area contributed by atoms with Crippen molar-refractivity contribution < 1.29 is 0 Å². The SMILES string of the molecule is O=c1ncc(Cl)cn1CCCCBr. The predicted molar refractivity (Wildman–Crippen MR) is 56.5 cm³/mol. The van der Waals surface area contributed by atoms with Gasteiger partial charge in [0, 0.05) is 18.1 Å². The van der Waals surface area contributed by atoms with Crippen molar-refractivity contribution in [3.05, 3.63) is 27.9 Å². The maximum Gasteiger partial charge on any atom is 0.347 e. The Bertz CT molecular complexity index is 326. The third-order valence-electron chi connectivity index (χ3n) is 1.61. The molecule has 0 unspecified atom stereocenters. The van der Waals surface area contributed by atoms with Gasteiger partial charge in [-0.05, 0) is 12.8 Å². The Kier molecular flexibility index (Phi) is 4.45. The first-order chi connectivity index (χ1) is 6.24. The number of halogens is 2. The van der Waals surface area contributed by atoms with Crippen LogP contribution >= 0.6 is 27.5 Å². The molecular weight excluding hydrogens is 255 g/mol. The van der Waals surface area contributed by atoms with Crippen LogP contribution in [0.5, 0.6) is 0 Å². The lowest BCUT2D eigenvalue weighted by Gasteiger charge is -2.03. The highest BCUT2D eigenvalue weighted by molar-refractivity contribution is 9.09. The largest absolute Gasteiger partial charge is 0.347 e. The molecule has 0 aliphatic heterocycles. The molecule has 0 amide bonds. The van der Waals surface area contributed by atoms with Gasteiger partial charge < -0.3 is 0 Å². The second-order valence-electron chi connectivity index (χ2n) is 2.64. The fourth-order valence-corrected chi connectivity index (χ4v) is 1.53. The van der Waals surface area contributed by atoms with Crippen LogP contribution in [0.25, 0.3) is 0 Å². The van der Waals surface area contributed by atoms with Crippen molar-refractivity contribution in [3.63, 3.8) is 0 Å². The molecule has 0 radical (unpaired) electrons. The first-order valence-corrected chi connectivity index (χ1v) is 5.52. The van der Waals surface area contributed by atoms with Crippen LogP contribution in [-0.4, -0.2) is 14.9 Å².